The molecule has 24 heavy (non-hydrogen) atoms. The minimum Gasteiger partial charge on any atom is -0.395 e. The van der Waals surface area contributed by atoms with E-state index in [0.29, 0.717) is 25.4 Å². The van der Waals surface area contributed by atoms with Gasteiger partial charge in [0.05, 0.1) is 17.6 Å². The van der Waals surface area contributed by atoms with Crippen molar-refractivity contribution >= 4 is 44.0 Å². The number of fused-ring (bicyclic) bond motifs is 1. The van der Waals surface area contributed by atoms with Crippen LogP contribution in [0.2, 0.25) is 0 Å². The summed E-state index contributed by atoms with van der Waals surface area (Å²) in [5.74, 6) is 1.72. The van der Waals surface area contributed by atoms with E-state index in [9.17, 15) is 9.90 Å². The van der Waals surface area contributed by atoms with Crippen LogP contribution in [0.25, 0.3) is 11.0 Å². The van der Waals surface area contributed by atoms with E-state index in [2.05, 4.69) is 9.47 Å². The van der Waals surface area contributed by atoms with Gasteiger partial charge in [-0.25, -0.2) is 4.98 Å². The first-order chi connectivity index (χ1) is 11.1. The monoisotopic (exact) mass is 371 g/mol. The van der Waals surface area contributed by atoms with Crippen LogP contribution >= 0.6 is 21.5 Å². The van der Waals surface area contributed by atoms with Gasteiger partial charge in [-0.15, -0.1) is 11.6 Å². The van der Waals surface area contributed by atoms with Crippen LogP contribution in [0.15, 0.2) is 18.2 Å². The molecule has 0 radical (unpaired) electrons. The molecule has 0 aliphatic carbocycles. The van der Waals surface area contributed by atoms with Crippen molar-refractivity contribution in [1.82, 2.24) is 9.55 Å². The van der Waals surface area contributed by atoms with Gasteiger partial charge >= 0.3 is 0 Å². The average Bonchev–Trinajstić information content (AvgIpc) is 2.83. The summed E-state index contributed by atoms with van der Waals surface area (Å²) >= 11 is 5.84. The predicted molar refractivity (Wildman–Crippen MR) is 105 cm³/mol. The van der Waals surface area contributed by atoms with Crippen LogP contribution in [-0.4, -0.2) is 46.0 Å². The summed E-state index contributed by atoms with van der Waals surface area (Å²) in [7, 11) is 2.00. The van der Waals surface area contributed by atoms with E-state index in [1.54, 1.807) is 6.92 Å². The fourth-order valence-corrected chi connectivity index (χ4v) is 2.95. The number of aliphatic hydroxyl groups excluding tert-OH is 1. The van der Waals surface area contributed by atoms with E-state index >= 15 is 0 Å². The maximum absolute atomic E-state index is 11.1. The number of halogens is 1. The molecule has 0 amide bonds. The van der Waals surface area contributed by atoms with E-state index in [1.807, 2.05) is 25.2 Å². The van der Waals surface area contributed by atoms with Crippen molar-refractivity contribution in [1.29, 1.82) is 0 Å². The number of Topliss-reactive ketones (excluding diaryl/α,β-unsaturated/α-hetero) is 1. The van der Waals surface area contributed by atoms with Gasteiger partial charge in [-0.05, 0) is 31.5 Å². The largest absolute Gasteiger partial charge is 0.395 e. The highest BCUT2D eigenvalue weighted by atomic mass is 35.5. The number of carbonyl (C=O) groups excluding carboxylic acids is 1. The number of hydrogen-bond donors (Lipinski definition) is 1. The molecule has 134 valence electrons. The van der Waals surface area contributed by atoms with Gasteiger partial charge in [-0.3, -0.25) is 0 Å². The fraction of sp³-hybridized carbons (Fsp3) is 0.529. The second-order valence-electron chi connectivity index (χ2n) is 5.72. The van der Waals surface area contributed by atoms with Gasteiger partial charge in [-0.1, -0.05) is 0 Å². The number of imidazole rings is 1. The Bertz CT molecular complexity index is 669. The predicted octanol–water partition coefficient (Wildman–Crippen LogP) is 2.58. The fourth-order valence-electron chi connectivity index (χ4n) is 2.75. The first-order valence-electron chi connectivity index (χ1n) is 7.93. The Morgan fingerprint density at radius 3 is 2.75 bits per heavy atom. The number of anilines is 1. The third-order valence-electron chi connectivity index (χ3n) is 3.98. The number of benzene rings is 1. The molecule has 1 unspecified atom stereocenters. The summed E-state index contributed by atoms with van der Waals surface area (Å²) in [6, 6.07) is 6.11. The molecule has 2 aromatic rings. The SMILES string of the molecule is CC(=O)CCCc1nc2cc(N(CCO)CCCl)ccc2n1C.P. The summed E-state index contributed by atoms with van der Waals surface area (Å²) in [4.78, 5) is 17.8. The third kappa shape index (κ3) is 5.17. The van der Waals surface area contributed by atoms with Crippen molar-refractivity contribution < 1.29 is 9.90 Å². The van der Waals surface area contributed by atoms with Crippen molar-refractivity contribution in [2.24, 2.45) is 7.05 Å². The lowest BCUT2D eigenvalue weighted by atomic mass is 10.2. The highest BCUT2D eigenvalue weighted by Gasteiger charge is 2.11. The maximum Gasteiger partial charge on any atom is 0.129 e. The molecule has 0 aliphatic heterocycles. The summed E-state index contributed by atoms with van der Waals surface area (Å²) in [6.45, 7) is 2.95. The zero-order valence-corrected chi connectivity index (χ0v) is 16.6. The molecule has 7 heteroatoms. The van der Waals surface area contributed by atoms with Crippen molar-refractivity contribution in [2.75, 3.05) is 30.5 Å². The zero-order chi connectivity index (χ0) is 16.8. The van der Waals surface area contributed by atoms with Crippen LogP contribution in [0.3, 0.4) is 0 Å². The molecule has 1 aromatic carbocycles. The minimum absolute atomic E-state index is 0. The molecule has 1 aromatic heterocycles. The van der Waals surface area contributed by atoms with Crippen LogP contribution < -0.4 is 4.90 Å². The maximum atomic E-state index is 11.1. The molecule has 0 saturated carbocycles. The van der Waals surface area contributed by atoms with Crippen LogP contribution in [0.5, 0.6) is 0 Å². The van der Waals surface area contributed by atoms with Gasteiger partial charge in [0.2, 0.25) is 0 Å². The lowest BCUT2D eigenvalue weighted by molar-refractivity contribution is -0.117. The van der Waals surface area contributed by atoms with Crippen molar-refractivity contribution in [2.45, 2.75) is 26.2 Å². The van der Waals surface area contributed by atoms with E-state index < -0.39 is 0 Å². The van der Waals surface area contributed by atoms with Gasteiger partial charge in [-0.2, -0.15) is 9.90 Å². The second-order valence-corrected chi connectivity index (χ2v) is 6.09. The number of carbonyl (C=O) groups is 1. The summed E-state index contributed by atoms with van der Waals surface area (Å²) < 4.78 is 2.08. The Kier molecular flexibility index (Phi) is 8.68. The number of nitrogens with zero attached hydrogens (tertiary/aromatic N) is 3. The van der Waals surface area contributed by atoms with Gasteiger partial charge in [0.1, 0.15) is 11.6 Å². The van der Waals surface area contributed by atoms with Crippen molar-refractivity contribution in [3.05, 3.63) is 24.0 Å². The number of aromatic nitrogens is 2. The summed E-state index contributed by atoms with van der Waals surface area (Å²) in [5, 5.41) is 9.20. The molecular weight excluding hydrogens is 345 g/mol. The lowest BCUT2D eigenvalue weighted by Gasteiger charge is -2.22. The Balaban J connectivity index is 0.00000288. The molecule has 0 saturated heterocycles. The normalized spacial score (nSPS) is 10.7. The number of aliphatic hydroxyl groups is 1. The third-order valence-corrected chi connectivity index (χ3v) is 4.14. The molecule has 0 fully saturated rings. The minimum atomic E-state index is 0. The second kappa shape index (κ2) is 9.97. The smallest absolute Gasteiger partial charge is 0.129 e. The topological polar surface area (TPSA) is 58.4 Å². The number of alkyl halides is 1. The van der Waals surface area contributed by atoms with Crippen LogP contribution in [-0.2, 0) is 18.3 Å². The van der Waals surface area contributed by atoms with Crippen molar-refractivity contribution in [3.63, 3.8) is 0 Å². The highest BCUT2D eigenvalue weighted by Crippen LogP contribution is 2.23. The molecule has 2 rings (SSSR count). The molecule has 1 atom stereocenters. The highest BCUT2D eigenvalue weighted by molar-refractivity contribution is 6.92. The Labute approximate surface area is 151 Å². The molecule has 0 bridgehead atoms. The number of rotatable bonds is 9. The Morgan fingerprint density at radius 2 is 2.12 bits per heavy atom. The van der Waals surface area contributed by atoms with Gasteiger partial charge < -0.3 is 19.4 Å². The van der Waals surface area contributed by atoms with Crippen LogP contribution in [0.1, 0.15) is 25.6 Å². The van der Waals surface area contributed by atoms with Crippen LogP contribution in [0, 0.1) is 0 Å². The van der Waals surface area contributed by atoms with Crippen LogP contribution in [0.4, 0.5) is 5.69 Å². The standard InChI is InChI=1S/C17H24ClN3O2.H3P/c1-13(23)4-3-5-17-19-15-12-14(6-7-16(15)20(17)2)21(9-8-18)10-11-22;/h6-7,12,22H,3-5,8-11H2,1-2H3;1H3. The molecule has 1 N–H and O–H groups in total. The summed E-state index contributed by atoms with van der Waals surface area (Å²) in [5.41, 5.74) is 3.02. The zero-order valence-electron chi connectivity index (χ0n) is 14.5. The molecule has 1 heterocycles. The number of aryl methyl sites for hydroxylation is 2. The Morgan fingerprint density at radius 1 is 1.38 bits per heavy atom. The van der Waals surface area contributed by atoms with Crippen molar-refractivity contribution in [3.8, 4) is 0 Å². The van der Waals surface area contributed by atoms with Gasteiger partial charge in [0.25, 0.3) is 0 Å². The van der Waals surface area contributed by atoms with E-state index in [0.717, 1.165) is 35.4 Å². The molecule has 0 aliphatic rings. The lowest BCUT2D eigenvalue weighted by Crippen LogP contribution is -2.28. The quantitative estimate of drug-likeness (QED) is 0.543. The molecule has 5 nitrogen and oxygen atoms in total. The first-order valence-corrected chi connectivity index (χ1v) is 8.46. The molecule has 0 spiro atoms. The van der Waals surface area contributed by atoms with E-state index in [-0.39, 0.29) is 22.3 Å². The molecular formula is C17H27ClN3O2P. The number of hydrogen-bond acceptors (Lipinski definition) is 4. The summed E-state index contributed by atoms with van der Waals surface area (Å²) in [6.07, 6.45) is 2.21. The first kappa shape index (κ1) is 20.9. The van der Waals surface area contributed by atoms with E-state index in [4.69, 9.17) is 16.6 Å². The van der Waals surface area contributed by atoms with Gasteiger partial charge in [0, 0.05) is 44.5 Å². The number of ketones is 1. The Hall–Kier alpha value is -1.16. The van der Waals surface area contributed by atoms with Gasteiger partial charge in [0.15, 0.2) is 0 Å². The van der Waals surface area contributed by atoms with E-state index in [1.165, 1.54) is 0 Å². The average molecular weight is 372 g/mol.